The normalized spacial score (nSPS) is 11.8. The van der Waals surface area contributed by atoms with Gasteiger partial charge in [0.2, 0.25) is 0 Å². The largest absolute Gasteiger partial charge is 0.573 e. The van der Waals surface area contributed by atoms with E-state index in [2.05, 4.69) is 26.9 Å². The Morgan fingerprint density at radius 3 is 2.55 bits per heavy atom. The Hall–Kier alpha value is -2.51. The third kappa shape index (κ3) is 7.29. The van der Waals surface area contributed by atoms with Gasteiger partial charge in [0.1, 0.15) is 5.75 Å². The number of benzene rings is 2. The maximum atomic E-state index is 12.3. The molecule has 0 saturated heterocycles. The lowest BCUT2D eigenvalue weighted by Gasteiger charge is -2.22. The Labute approximate surface area is 185 Å². The first-order valence-electron chi connectivity index (χ1n) is 10.2. The van der Waals surface area contributed by atoms with E-state index < -0.39 is 6.36 Å². The molecule has 31 heavy (non-hydrogen) atoms. The SMILES string of the molecule is CCCN(CCCNc1ccnc2cc(Cl)ccc12)Cc1ccc(OC(F)(F)F)cc1. The van der Waals surface area contributed by atoms with Crippen molar-refractivity contribution in [2.45, 2.75) is 32.7 Å². The number of aromatic nitrogens is 1. The number of rotatable bonds is 10. The van der Waals surface area contributed by atoms with Gasteiger partial charge in [-0.2, -0.15) is 0 Å². The summed E-state index contributed by atoms with van der Waals surface area (Å²) in [6.07, 6.45) is -0.989. The number of anilines is 1. The minimum atomic E-state index is -4.67. The molecule has 166 valence electrons. The first-order chi connectivity index (χ1) is 14.8. The molecule has 0 unspecified atom stereocenters. The molecule has 0 fully saturated rings. The molecule has 0 amide bonds. The fourth-order valence-corrected chi connectivity index (χ4v) is 3.61. The molecular weight excluding hydrogens is 427 g/mol. The summed E-state index contributed by atoms with van der Waals surface area (Å²) in [5.74, 6) is -0.201. The minimum absolute atomic E-state index is 0.201. The summed E-state index contributed by atoms with van der Waals surface area (Å²) in [6.45, 7) is 5.37. The van der Waals surface area contributed by atoms with Crippen LogP contribution in [0, 0.1) is 0 Å². The van der Waals surface area contributed by atoms with Crippen molar-refractivity contribution >= 4 is 28.2 Å². The summed E-state index contributed by atoms with van der Waals surface area (Å²) in [6, 6.07) is 13.7. The maximum Gasteiger partial charge on any atom is 0.573 e. The van der Waals surface area contributed by atoms with Gasteiger partial charge in [-0.05, 0) is 61.3 Å². The number of pyridine rings is 1. The van der Waals surface area contributed by atoms with Gasteiger partial charge in [-0.3, -0.25) is 9.88 Å². The smallest absolute Gasteiger partial charge is 0.406 e. The maximum absolute atomic E-state index is 12.3. The highest BCUT2D eigenvalue weighted by molar-refractivity contribution is 6.31. The van der Waals surface area contributed by atoms with E-state index in [0.29, 0.717) is 11.6 Å². The van der Waals surface area contributed by atoms with Crippen LogP contribution >= 0.6 is 11.6 Å². The van der Waals surface area contributed by atoms with Crippen LogP contribution in [0.25, 0.3) is 10.9 Å². The minimum Gasteiger partial charge on any atom is -0.406 e. The van der Waals surface area contributed by atoms with Crippen molar-refractivity contribution in [3.05, 3.63) is 65.3 Å². The first-order valence-corrected chi connectivity index (χ1v) is 10.6. The van der Waals surface area contributed by atoms with Crippen LogP contribution in [0.3, 0.4) is 0 Å². The van der Waals surface area contributed by atoms with E-state index in [1.54, 1.807) is 18.3 Å². The predicted octanol–water partition coefficient (Wildman–Crippen LogP) is 6.50. The molecular formula is C23H25ClF3N3O. The number of ether oxygens (including phenoxy) is 1. The standard InChI is InChI=1S/C23H25ClF3N3O/c1-2-13-30(16-17-4-7-19(8-5-17)31-23(25,26)27)14-3-11-28-21-10-12-29-22-15-18(24)6-9-20(21)22/h4-10,12,15H,2-3,11,13-14,16H2,1H3,(H,28,29). The molecule has 0 atom stereocenters. The van der Waals surface area contributed by atoms with Crippen LogP contribution in [0.5, 0.6) is 5.75 Å². The van der Waals surface area contributed by atoms with Crippen LogP contribution in [0.4, 0.5) is 18.9 Å². The Morgan fingerprint density at radius 1 is 1.06 bits per heavy atom. The highest BCUT2D eigenvalue weighted by Crippen LogP contribution is 2.25. The van der Waals surface area contributed by atoms with Gasteiger partial charge < -0.3 is 10.1 Å². The summed E-state index contributed by atoms with van der Waals surface area (Å²) in [5, 5.41) is 5.15. The molecule has 0 aliphatic carbocycles. The molecule has 0 aliphatic rings. The quantitative estimate of drug-likeness (QED) is 0.357. The van der Waals surface area contributed by atoms with E-state index in [9.17, 15) is 13.2 Å². The summed E-state index contributed by atoms with van der Waals surface area (Å²) >= 11 is 6.04. The Morgan fingerprint density at radius 2 is 1.84 bits per heavy atom. The summed E-state index contributed by atoms with van der Waals surface area (Å²) in [5.41, 5.74) is 2.82. The molecule has 0 bridgehead atoms. The monoisotopic (exact) mass is 451 g/mol. The molecule has 0 spiro atoms. The lowest BCUT2D eigenvalue weighted by Crippen LogP contribution is -2.26. The van der Waals surface area contributed by atoms with Gasteiger partial charge in [-0.1, -0.05) is 30.7 Å². The Bertz CT molecular complexity index is 980. The lowest BCUT2D eigenvalue weighted by molar-refractivity contribution is -0.274. The zero-order chi connectivity index (χ0) is 22.3. The summed E-state index contributed by atoms with van der Waals surface area (Å²) < 4.78 is 40.9. The molecule has 8 heteroatoms. The molecule has 0 saturated carbocycles. The summed E-state index contributed by atoms with van der Waals surface area (Å²) in [4.78, 5) is 6.65. The van der Waals surface area contributed by atoms with Crippen molar-refractivity contribution in [2.75, 3.05) is 25.0 Å². The average Bonchev–Trinajstić information content (AvgIpc) is 2.71. The summed E-state index contributed by atoms with van der Waals surface area (Å²) in [7, 11) is 0. The van der Waals surface area contributed by atoms with Crippen LogP contribution < -0.4 is 10.1 Å². The fraction of sp³-hybridized carbons (Fsp3) is 0.348. The molecule has 3 rings (SSSR count). The Balaban J connectivity index is 1.52. The van der Waals surface area contributed by atoms with Crippen LogP contribution in [0.2, 0.25) is 5.02 Å². The van der Waals surface area contributed by atoms with Crippen molar-refractivity contribution in [1.82, 2.24) is 9.88 Å². The number of hydrogen-bond acceptors (Lipinski definition) is 4. The first kappa shape index (κ1) is 23.2. The molecule has 4 nitrogen and oxygen atoms in total. The second-order valence-electron chi connectivity index (χ2n) is 7.27. The molecule has 3 aromatic rings. The van der Waals surface area contributed by atoms with Crippen LogP contribution in [-0.2, 0) is 6.54 Å². The van der Waals surface area contributed by atoms with Crippen molar-refractivity contribution in [3.8, 4) is 5.75 Å². The number of nitrogens with one attached hydrogen (secondary N) is 1. The molecule has 0 aliphatic heterocycles. The third-order valence-electron chi connectivity index (χ3n) is 4.77. The molecule has 2 aromatic carbocycles. The van der Waals surface area contributed by atoms with Gasteiger partial charge in [0, 0.05) is 41.9 Å². The molecule has 1 N–H and O–H groups in total. The molecule has 1 heterocycles. The Kier molecular flexibility index (Phi) is 7.98. The lowest BCUT2D eigenvalue weighted by atomic mass is 10.2. The van der Waals surface area contributed by atoms with Crippen LogP contribution in [-0.4, -0.2) is 35.9 Å². The van der Waals surface area contributed by atoms with E-state index in [-0.39, 0.29) is 5.75 Å². The number of alkyl halides is 3. The average molecular weight is 452 g/mol. The van der Waals surface area contributed by atoms with Crippen molar-refractivity contribution in [3.63, 3.8) is 0 Å². The van der Waals surface area contributed by atoms with Gasteiger partial charge in [0.15, 0.2) is 0 Å². The second kappa shape index (κ2) is 10.7. The second-order valence-corrected chi connectivity index (χ2v) is 7.70. The molecule has 0 radical (unpaired) electrons. The number of hydrogen-bond donors (Lipinski definition) is 1. The van der Waals surface area contributed by atoms with Crippen LogP contribution in [0.1, 0.15) is 25.3 Å². The topological polar surface area (TPSA) is 37.4 Å². The molecule has 1 aromatic heterocycles. The van der Waals surface area contributed by atoms with Gasteiger partial charge >= 0.3 is 6.36 Å². The van der Waals surface area contributed by atoms with Crippen LogP contribution in [0.15, 0.2) is 54.7 Å². The highest BCUT2D eigenvalue weighted by Gasteiger charge is 2.30. The zero-order valence-electron chi connectivity index (χ0n) is 17.3. The van der Waals surface area contributed by atoms with Gasteiger partial charge in [-0.15, -0.1) is 13.2 Å². The third-order valence-corrected chi connectivity index (χ3v) is 5.01. The highest BCUT2D eigenvalue weighted by atomic mass is 35.5. The van der Waals surface area contributed by atoms with E-state index in [1.165, 1.54) is 12.1 Å². The number of nitrogens with zero attached hydrogens (tertiary/aromatic N) is 2. The van der Waals surface area contributed by atoms with Crippen molar-refractivity contribution < 1.29 is 17.9 Å². The fourth-order valence-electron chi connectivity index (χ4n) is 3.44. The van der Waals surface area contributed by atoms with Crippen molar-refractivity contribution in [2.24, 2.45) is 0 Å². The van der Waals surface area contributed by atoms with Crippen molar-refractivity contribution in [1.29, 1.82) is 0 Å². The zero-order valence-corrected chi connectivity index (χ0v) is 18.0. The van der Waals surface area contributed by atoms with E-state index in [0.717, 1.165) is 54.6 Å². The van der Waals surface area contributed by atoms with E-state index in [1.807, 2.05) is 24.3 Å². The van der Waals surface area contributed by atoms with Gasteiger partial charge in [0.25, 0.3) is 0 Å². The number of fused-ring (bicyclic) bond motifs is 1. The van der Waals surface area contributed by atoms with Gasteiger partial charge in [-0.25, -0.2) is 0 Å². The number of halogens is 4. The van der Waals surface area contributed by atoms with E-state index >= 15 is 0 Å². The predicted molar refractivity (Wildman–Crippen MR) is 119 cm³/mol. The van der Waals surface area contributed by atoms with E-state index in [4.69, 9.17) is 11.6 Å². The van der Waals surface area contributed by atoms with Gasteiger partial charge in [0.05, 0.1) is 5.52 Å².